The summed E-state index contributed by atoms with van der Waals surface area (Å²) >= 11 is 12.2. The summed E-state index contributed by atoms with van der Waals surface area (Å²) in [5.41, 5.74) is 9.26. The van der Waals surface area contributed by atoms with Crippen LogP contribution in [0.25, 0.3) is 5.52 Å². The Morgan fingerprint density at radius 1 is 1.15 bits per heavy atom. The first-order valence-corrected chi connectivity index (χ1v) is 7.03. The Balaban J connectivity index is 1.93. The molecule has 0 bridgehead atoms. The molecular formula is C15H13Cl2N3. The van der Waals surface area contributed by atoms with Crippen molar-refractivity contribution in [2.75, 3.05) is 0 Å². The van der Waals surface area contributed by atoms with Crippen LogP contribution in [-0.4, -0.2) is 9.61 Å². The number of rotatable bonds is 3. The molecular weight excluding hydrogens is 293 g/mol. The number of halogens is 2. The van der Waals surface area contributed by atoms with Crippen molar-refractivity contribution in [3.05, 3.63) is 70.0 Å². The van der Waals surface area contributed by atoms with Crippen molar-refractivity contribution < 1.29 is 0 Å². The van der Waals surface area contributed by atoms with Crippen molar-refractivity contribution in [2.24, 2.45) is 5.73 Å². The highest BCUT2D eigenvalue weighted by Gasteiger charge is 2.15. The van der Waals surface area contributed by atoms with Crippen LogP contribution >= 0.6 is 23.2 Å². The molecule has 1 unspecified atom stereocenters. The number of hydrogen-bond donors (Lipinski definition) is 1. The molecule has 102 valence electrons. The van der Waals surface area contributed by atoms with Gasteiger partial charge in [-0.3, -0.25) is 0 Å². The van der Waals surface area contributed by atoms with Crippen molar-refractivity contribution in [1.82, 2.24) is 9.61 Å². The quantitative estimate of drug-likeness (QED) is 0.798. The molecule has 3 nitrogen and oxygen atoms in total. The predicted octanol–water partition coefficient (Wildman–Crippen LogP) is 3.88. The molecule has 0 radical (unpaired) electrons. The van der Waals surface area contributed by atoms with E-state index in [9.17, 15) is 0 Å². The number of hydrogen-bond acceptors (Lipinski definition) is 2. The molecule has 2 heterocycles. The molecule has 0 aliphatic heterocycles. The van der Waals surface area contributed by atoms with Gasteiger partial charge in [-0.1, -0.05) is 41.4 Å². The SMILES string of the molecule is NC(Cc1cccc(Cl)c1Cl)c1cnn2ccccc12. The first-order chi connectivity index (χ1) is 9.66. The number of nitrogens with zero attached hydrogens (tertiary/aromatic N) is 2. The highest BCUT2D eigenvalue weighted by Crippen LogP contribution is 2.29. The van der Waals surface area contributed by atoms with Crippen LogP contribution in [-0.2, 0) is 6.42 Å². The fraction of sp³-hybridized carbons (Fsp3) is 0.133. The fourth-order valence-corrected chi connectivity index (χ4v) is 2.69. The third kappa shape index (κ3) is 2.40. The van der Waals surface area contributed by atoms with Crippen LogP contribution in [0.2, 0.25) is 10.0 Å². The second-order valence-corrected chi connectivity index (χ2v) is 5.44. The molecule has 3 rings (SSSR count). The molecule has 0 amide bonds. The summed E-state index contributed by atoms with van der Waals surface area (Å²) in [6.45, 7) is 0. The lowest BCUT2D eigenvalue weighted by Crippen LogP contribution is -2.13. The van der Waals surface area contributed by atoms with E-state index < -0.39 is 0 Å². The van der Waals surface area contributed by atoms with E-state index in [1.165, 1.54) is 0 Å². The van der Waals surface area contributed by atoms with Crippen LogP contribution in [0.3, 0.4) is 0 Å². The monoisotopic (exact) mass is 305 g/mol. The van der Waals surface area contributed by atoms with Crippen molar-refractivity contribution in [2.45, 2.75) is 12.5 Å². The van der Waals surface area contributed by atoms with Crippen LogP contribution in [0.1, 0.15) is 17.2 Å². The normalized spacial score (nSPS) is 12.8. The maximum absolute atomic E-state index is 6.30. The van der Waals surface area contributed by atoms with Gasteiger partial charge < -0.3 is 5.73 Å². The molecule has 3 aromatic rings. The van der Waals surface area contributed by atoms with E-state index in [0.29, 0.717) is 16.5 Å². The van der Waals surface area contributed by atoms with E-state index in [2.05, 4.69) is 5.10 Å². The third-order valence-corrected chi connectivity index (χ3v) is 4.19. The fourth-order valence-electron chi connectivity index (χ4n) is 2.29. The Bertz CT molecular complexity index is 752. The van der Waals surface area contributed by atoms with Crippen molar-refractivity contribution in [3.8, 4) is 0 Å². The van der Waals surface area contributed by atoms with Crippen LogP contribution in [0.15, 0.2) is 48.8 Å². The molecule has 0 aliphatic carbocycles. The summed E-state index contributed by atoms with van der Waals surface area (Å²) in [4.78, 5) is 0. The number of pyridine rings is 1. The highest BCUT2D eigenvalue weighted by atomic mass is 35.5. The summed E-state index contributed by atoms with van der Waals surface area (Å²) in [7, 11) is 0. The molecule has 1 aromatic carbocycles. The molecule has 0 saturated carbocycles. The number of benzene rings is 1. The molecule has 0 aliphatic rings. The van der Waals surface area contributed by atoms with E-state index in [1.54, 1.807) is 12.3 Å². The third-order valence-electron chi connectivity index (χ3n) is 3.33. The van der Waals surface area contributed by atoms with Crippen molar-refractivity contribution >= 4 is 28.7 Å². The van der Waals surface area contributed by atoms with Gasteiger partial charge in [0.1, 0.15) is 0 Å². The minimum absolute atomic E-state index is 0.175. The number of fused-ring (bicyclic) bond motifs is 1. The van der Waals surface area contributed by atoms with Gasteiger partial charge in [-0.15, -0.1) is 0 Å². The Morgan fingerprint density at radius 2 is 2.00 bits per heavy atom. The highest BCUT2D eigenvalue weighted by molar-refractivity contribution is 6.42. The molecule has 2 aromatic heterocycles. The van der Waals surface area contributed by atoms with Crippen LogP contribution in [0.4, 0.5) is 0 Å². The lowest BCUT2D eigenvalue weighted by molar-refractivity contribution is 0.728. The van der Waals surface area contributed by atoms with Gasteiger partial charge in [-0.2, -0.15) is 5.10 Å². The zero-order valence-electron chi connectivity index (χ0n) is 10.6. The Labute approximate surface area is 126 Å². The average molecular weight is 306 g/mol. The maximum atomic E-state index is 6.30. The minimum Gasteiger partial charge on any atom is -0.324 e. The number of aromatic nitrogens is 2. The van der Waals surface area contributed by atoms with E-state index >= 15 is 0 Å². The molecule has 0 spiro atoms. The first kappa shape index (κ1) is 13.4. The predicted molar refractivity (Wildman–Crippen MR) is 82.3 cm³/mol. The lowest BCUT2D eigenvalue weighted by atomic mass is 10.0. The maximum Gasteiger partial charge on any atom is 0.0709 e. The largest absolute Gasteiger partial charge is 0.324 e. The molecule has 20 heavy (non-hydrogen) atoms. The smallest absolute Gasteiger partial charge is 0.0709 e. The summed E-state index contributed by atoms with van der Waals surface area (Å²) < 4.78 is 1.81. The second-order valence-electron chi connectivity index (χ2n) is 4.65. The molecule has 5 heteroatoms. The summed E-state index contributed by atoms with van der Waals surface area (Å²) in [6.07, 6.45) is 4.33. The molecule has 1 atom stereocenters. The minimum atomic E-state index is -0.175. The van der Waals surface area contributed by atoms with E-state index in [-0.39, 0.29) is 6.04 Å². The second kappa shape index (κ2) is 5.44. The topological polar surface area (TPSA) is 43.3 Å². The van der Waals surface area contributed by atoms with Crippen molar-refractivity contribution in [3.63, 3.8) is 0 Å². The average Bonchev–Trinajstić information content (AvgIpc) is 2.88. The lowest BCUT2D eigenvalue weighted by Gasteiger charge is -2.12. The van der Waals surface area contributed by atoms with E-state index in [0.717, 1.165) is 16.6 Å². The van der Waals surface area contributed by atoms with Gasteiger partial charge in [0, 0.05) is 17.8 Å². The summed E-state index contributed by atoms with van der Waals surface area (Å²) in [6, 6.07) is 11.3. The molecule has 0 saturated heterocycles. The van der Waals surface area contributed by atoms with Gasteiger partial charge >= 0.3 is 0 Å². The Kier molecular flexibility index (Phi) is 3.66. The Hall–Kier alpha value is -1.55. The van der Waals surface area contributed by atoms with Gasteiger partial charge in [-0.05, 0) is 30.2 Å². The number of nitrogens with two attached hydrogens (primary N) is 1. The van der Waals surface area contributed by atoms with Gasteiger partial charge in [-0.25, -0.2) is 4.52 Å². The summed E-state index contributed by atoms with van der Waals surface area (Å²) in [5.74, 6) is 0. The first-order valence-electron chi connectivity index (χ1n) is 6.27. The Morgan fingerprint density at radius 3 is 2.85 bits per heavy atom. The zero-order chi connectivity index (χ0) is 14.1. The molecule has 2 N–H and O–H groups in total. The van der Waals surface area contributed by atoms with Gasteiger partial charge in [0.2, 0.25) is 0 Å². The van der Waals surface area contributed by atoms with E-state index in [4.69, 9.17) is 28.9 Å². The van der Waals surface area contributed by atoms with E-state index in [1.807, 2.05) is 41.0 Å². The van der Waals surface area contributed by atoms with Crippen LogP contribution in [0.5, 0.6) is 0 Å². The molecule has 0 fully saturated rings. The zero-order valence-corrected chi connectivity index (χ0v) is 12.1. The summed E-state index contributed by atoms with van der Waals surface area (Å²) in [5, 5.41) is 5.42. The standard InChI is InChI=1S/C15H13Cl2N3/c16-12-5-3-4-10(15(12)17)8-13(18)11-9-19-20-7-2-1-6-14(11)20/h1-7,9,13H,8,18H2. The van der Waals surface area contributed by atoms with Gasteiger partial charge in [0.15, 0.2) is 0 Å². The van der Waals surface area contributed by atoms with Crippen LogP contribution in [0, 0.1) is 0 Å². The van der Waals surface area contributed by atoms with Crippen molar-refractivity contribution in [1.29, 1.82) is 0 Å². The van der Waals surface area contributed by atoms with Gasteiger partial charge in [0.05, 0.1) is 21.8 Å². The van der Waals surface area contributed by atoms with Gasteiger partial charge in [0.25, 0.3) is 0 Å². The van der Waals surface area contributed by atoms with Crippen LogP contribution < -0.4 is 5.73 Å².